The molecule has 0 aliphatic rings. The molecule has 6 nitrogen and oxygen atoms in total. The molecule has 0 aliphatic carbocycles. The Bertz CT molecular complexity index is 704. The molecule has 0 unspecified atom stereocenters. The summed E-state index contributed by atoms with van der Waals surface area (Å²) < 4.78 is 5.49. The van der Waals surface area contributed by atoms with Crippen LogP contribution in [0.25, 0.3) is 0 Å². The first-order chi connectivity index (χ1) is 12.1. The largest absolute Gasteiger partial charge is 0.492 e. The number of aromatic nitrogens is 1. The second-order valence-electron chi connectivity index (χ2n) is 5.49. The highest BCUT2D eigenvalue weighted by atomic mass is 16.5. The third kappa shape index (κ3) is 5.91. The molecule has 2 aromatic rings. The van der Waals surface area contributed by atoms with Crippen LogP contribution in [0.4, 0.5) is 5.69 Å². The van der Waals surface area contributed by atoms with Gasteiger partial charge in [0.2, 0.25) is 11.8 Å². The number of carbonyl (C=O) groups is 2. The lowest BCUT2D eigenvalue weighted by Crippen LogP contribution is -2.31. The fourth-order valence-corrected chi connectivity index (χ4v) is 2.34. The zero-order valence-electron chi connectivity index (χ0n) is 14.6. The van der Waals surface area contributed by atoms with Crippen LogP contribution in [0.1, 0.15) is 26.0 Å². The molecule has 132 valence electrons. The van der Waals surface area contributed by atoms with Gasteiger partial charge in [-0.3, -0.25) is 14.6 Å². The first kappa shape index (κ1) is 18.4. The highest BCUT2D eigenvalue weighted by Crippen LogP contribution is 2.23. The summed E-state index contributed by atoms with van der Waals surface area (Å²) in [5.74, 6) is 0.378. The summed E-state index contributed by atoms with van der Waals surface area (Å²) in [6, 6.07) is 12.8. The molecule has 1 aromatic carbocycles. The molecule has 1 heterocycles. The lowest BCUT2D eigenvalue weighted by Gasteiger charge is -2.20. The predicted octanol–water partition coefficient (Wildman–Crippen LogP) is 2.86. The van der Waals surface area contributed by atoms with Crippen molar-refractivity contribution >= 4 is 17.5 Å². The molecule has 2 rings (SSSR count). The number of ether oxygens (including phenoxy) is 1. The average Bonchev–Trinajstić information content (AvgIpc) is 2.61. The van der Waals surface area contributed by atoms with E-state index < -0.39 is 0 Å². The quantitative estimate of drug-likeness (QED) is 0.801. The van der Waals surface area contributed by atoms with Gasteiger partial charge in [0.1, 0.15) is 5.75 Å². The summed E-state index contributed by atoms with van der Waals surface area (Å²) in [6.07, 6.45) is 1.89. The van der Waals surface area contributed by atoms with E-state index in [0.717, 1.165) is 5.69 Å². The number of rotatable bonds is 8. The van der Waals surface area contributed by atoms with E-state index >= 15 is 0 Å². The second kappa shape index (κ2) is 9.42. The summed E-state index contributed by atoms with van der Waals surface area (Å²) in [5, 5.41) is 2.84. The normalized spacial score (nSPS) is 10.2. The van der Waals surface area contributed by atoms with Crippen LogP contribution in [-0.2, 0) is 16.1 Å². The molecule has 1 aromatic heterocycles. The van der Waals surface area contributed by atoms with Crippen molar-refractivity contribution in [2.45, 2.75) is 26.8 Å². The van der Waals surface area contributed by atoms with Gasteiger partial charge in [0.05, 0.1) is 24.5 Å². The molecule has 25 heavy (non-hydrogen) atoms. The Balaban J connectivity index is 1.92. The Morgan fingerprint density at radius 3 is 2.60 bits per heavy atom. The second-order valence-corrected chi connectivity index (χ2v) is 5.49. The molecule has 0 atom stereocenters. The third-order valence-electron chi connectivity index (χ3n) is 3.59. The van der Waals surface area contributed by atoms with Crippen LogP contribution >= 0.6 is 0 Å². The molecule has 0 fully saturated rings. The van der Waals surface area contributed by atoms with Crippen LogP contribution in [0.2, 0.25) is 0 Å². The van der Waals surface area contributed by atoms with E-state index in [4.69, 9.17) is 4.74 Å². The first-order valence-corrected chi connectivity index (χ1v) is 8.27. The van der Waals surface area contributed by atoms with Gasteiger partial charge < -0.3 is 15.0 Å². The van der Waals surface area contributed by atoms with Gasteiger partial charge in [0.15, 0.2) is 0 Å². The van der Waals surface area contributed by atoms with Crippen molar-refractivity contribution in [3.63, 3.8) is 0 Å². The summed E-state index contributed by atoms with van der Waals surface area (Å²) in [4.78, 5) is 29.9. The molecular weight excluding hydrogens is 318 g/mol. The summed E-state index contributed by atoms with van der Waals surface area (Å²) in [6.45, 7) is 4.62. The van der Waals surface area contributed by atoms with Gasteiger partial charge in [-0.25, -0.2) is 0 Å². The Labute approximate surface area is 147 Å². The number of anilines is 1. The fourth-order valence-electron chi connectivity index (χ4n) is 2.34. The average molecular weight is 341 g/mol. The number of pyridine rings is 1. The van der Waals surface area contributed by atoms with E-state index in [0.29, 0.717) is 31.1 Å². The number of benzene rings is 1. The highest BCUT2D eigenvalue weighted by molar-refractivity contribution is 5.92. The van der Waals surface area contributed by atoms with Gasteiger partial charge in [-0.1, -0.05) is 18.2 Å². The monoisotopic (exact) mass is 341 g/mol. The zero-order chi connectivity index (χ0) is 18.1. The van der Waals surface area contributed by atoms with Gasteiger partial charge in [0, 0.05) is 26.1 Å². The molecule has 0 saturated carbocycles. The lowest BCUT2D eigenvalue weighted by molar-refractivity contribution is -0.130. The molecule has 0 bridgehead atoms. The van der Waals surface area contributed by atoms with E-state index in [9.17, 15) is 9.59 Å². The first-order valence-electron chi connectivity index (χ1n) is 8.27. The number of nitrogens with zero attached hydrogens (tertiary/aromatic N) is 2. The van der Waals surface area contributed by atoms with Crippen molar-refractivity contribution in [1.29, 1.82) is 0 Å². The third-order valence-corrected chi connectivity index (χ3v) is 3.59. The molecule has 0 saturated heterocycles. The van der Waals surface area contributed by atoms with E-state index in [1.165, 1.54) is 6.92 Å². The smallest absolute Gasteiger partial charge is 0.226 e. The SMILES string of the molecule is CCOc1ccccc1NC(=O)CCN(Cc1ccccn1)C(C)=O. The molecule has 0 spiro atoms. The number of nitrogens with one attached hydrogen (secondary N) is 1. The molecule has 6 heteroatoms. The molecule has 1 N–H and O–H groups in total. The number of carbonyl (C=O) groups excluding carboxylic acids is 2. The number of para-hydroxylation sites is 2. The van der Waals surface area contributed by atoms with Crippen molar-refractivity contribution in [3.05, 3.63) is 54.4 Å². The van der Waals surface area contributed by atoms with E-state index in [2.05, 4.69) is 10.3 Å². The Kier molecular flexibility index (Phi) is 6.95. The van der Waals surface area contributed by atoms with Crippen molar-refractivity contribution in [2.75, 3.05) is 18.5 Å². The highest BCUT2D eigenvalue weighted by Gasteiger charge is 2.13. The Hall–Kier alpha value is -2.89. The summed E-state index contributed by atoms with van der Waals surface area (Å²) in [5.41, 5.74) is 1.42. The molecule has 0 aliphatic heterocycles. The van der Waals surface area contributed by atoms with Crippen LogP contribution in [0.15, 0.2) is 48.7 Å². The van der Waals surface area contributed by atoms with Crippen LogP contribution in [0, 0.1) is 0 Å². The van der Waals surface area contributed by atoms with Crippen molar-refractivity contribution in [1.82, 2.24) is 9.88 Å². The number of hydrogen-bond acceptors (Lipinski definition) is 4. The maximum atomic E-state index is 12.2. The van der Waals surface area contributed by atoms with Crippen LogP contribution in [-0.4, -0.2) is 34.8 Å². The Morgan fingerprint density at radius 2 is 1.92 bits per heavy atom. The van der Waals surface area contributed by atoms with Crippen molar-refractivity contribution in [3.8, 4) is 5.75 Å². The topological polar surface area (TPSA) is 71.5 Å². The van der Waals surface area contributed by atoms with Gasteiger partial charge in [0.25, 0.3) is 0 Å². The van der Waals surface area contributed by atoms with E-state index in [1.54, 1.807) is 17.2 Å². The Morgan fingerprint density at radius 1 is 1.16 bits per heavy atom. The number of hydrogen-bond donors (Lipinski definition) is 1. The minimum absolute atomic E-state index is 0.0897. The van der Waals surface area contributed by atoms with Crippen LogP contribution in [0.3, 0.4) is 0 Å². The van der Waals surface area contributed by atoms with Gasteiger partial charge >= 0.3 is 0 Å². The zero-order valence-corrected chi connectivity index (χ0v) is 14.6. The van der Waals surface area contributed by atoms with Crippen molar-refractivity contribution < 1.29 is 14.3 Å². The minimum atomic E-state index is -0.167. The van der Waals surface area contributed by atoms with E-state index in [1.807, 2.05) is 43.3 Å². The van der Waals surface area contributed by atoms with Crippen LogP contribution < -0.4 is 10.1 Å². The molecule has 0 radical (unpaired) electrons. The lowest BCUT2D eigenvalue weighted by atomic mass is 10.2. The minimum Gasteiger partial charge on any atom is -0.492 e. The van der Waals surface area contributed by atoms with Gasteiger partial charge in [-0.15, -0.1) is 0 Å². The van der Waals surface area contributed by atoms with Gasteiger partial charge in [-0.2, -0.15) is 0 Å². The molecular formula is C19H23N3O3. The predicted molar refractivity (Wildman–Crippen MR) is 96.2 cm³/mol. The standard InChI is InChI=1S/C19H23N3O3/c1-3-25-18-10-5-4-9-17(18)21-19(24)11-13-22(15(2)23)14-16-8-6-7-12-20-16/h4-10,12H,3,11,13-14H2,1-2H3,(H,21,24). The summed E-state index contributed by atoms with van der Waals surface area (Å²) >= 11 is 0. The fraction of sp³-hybridized carbons (Fsp3) is 0.316. The van der Waals surface area contributed by atoms with Gasteiger partial charge in [-0.05, 0) is 31.2 Å². The molecule has 2 amide bonds. The van der Waals surface area contributed by atoms with Crippen molar-refractivity contribution in [2.24, 2.45) is 0 Å². The maximum Gasteiger partial charge on any atom is 0.226 e. The number of amides is 2. The van der Waals surface area contributed by atoms with Crippen LogP contribution in [0.5, 0.6) is 5.75 Å². The summed E-state index contributed by atoms with van der Waals surface area (Å²) in [7, 11) is 0. The van der Waals surface area contributed by atoms with E-state index in [-0.39, 0.29) is 18.2 Å². The maximum absolute atomic E-state index is 12.2.